The van der Waals surface area contributed by atoms with Crippen molar-refractivity contribution in [3.8, 4) is 16.9 Å². The molecule has 1 aromatic heterocycles. The number of nitrogens with one attached hydrogen (secondary N) is 1. The smallest absolute Gasteiger partial charge is 0.477 e. The van der Waals surface area contributed by atoms with Crippen molar-refractivity contribution in [3.05, 3.63) is 118 Å². The van der Waals surface area contributed by atoms with E-state index in [1.54, 1.807) is 28.8 Å². The quantitative estimate of drug-likeness (QED) is 0.163. The lowest BCUT2D eigenvalue weighted by Gasteiger charge is -2.11. The Balaban J connectivity index is 1.58. The number of aromatic nitrogens is 1. The standard InChI is InChI=1S/C34H28ClF3N2O4/c1-2-3-5-21-8-10-23(11-9-21)25-14-17-28-29(19-25)40(20-22-6-4-7-26(35)18-22)31(33(42)43)30(28)39-32(41)24-12-15-27(16-13-24)44-34(36,37)38/h4,6-19H,2-3,5,20H2,1H3,(H,39,41)(H,42,43). The average molecular weight is 621 g/mol. The highest BCUT2D eigenvalue weighted by Crippen LogP contribution is 2.36. The second-order valence-corrected chi connectivity index (χ2v) is 10.7. The van der Waals surface area contributed by atoms with Gasteiger partial charge in [0.1, 0.15) is 5.75 Å². The van der Waals surface area contributed by atoms with Gasteiger partial charge in [0.15, 0.2) is 5.69 Å². The number of unbranched alkanes of at least 4 members (excludes halogenated alkanes) is 1. The molecule has 0 aliphatic rings. The van der Waals surface area contributed by atoms with E-state index in [0.29, 0.717) is 15.9 Å². The van der Waals surface area contributed by atoms with Crippen LogP contribution >= 0.6 is 11.6 Å². The number of alkyl halides is 3. The second kappa shape index (κ2) is 12.9. The van der Waals surface area contributed by atoms with Gasteiger partial charge in [-0.3, -0.25) is 4.79 Å². The maximum atomic E-state index is 13.2. The van der Waals surface area contributed by atoms with Crippen LogP contribution in [0.1, 0.15) is 51.7 Å². The molecule has 0 unspecified atom stereocenters. The first-order chi connectivity index (χ1) is 21.0. The number of hydrogen-bond acceptors (Lipinski definition) is 3. The third-order valence-corrected chi connectivity index (χ3v) is 7.43. The largest absolute Gasteiger partial charge is 0.573 e. The van der Waals surface area contributed by atoms with Crippen LogP contribution in [0, 0.1) is 0 Å². The lowest BCUT2D eigenvalue weighted by atomic mass is 10.0. The van der Waals surface area contributed by atoms with Crippen LogP contribution in [-0.2, 0) is 13.0 Å². The fourth-order valence-corrected chi connectivity index (χ4v) is 5.31. The first kappa shape index (κ1) is 30.7. The van der Waals surface area contributed by atoms with Crippen LogP contribution in [0.15, 0.2) is 91.0 Å². The van der Waals surface area contributed by atoms with E-state index in [-0.39, 0.29) is 23.5 Å². The Hall–Kier alpha value is -4.76. The molecule has 44 heavy (non-hydrogen) atoms. The summed E-state index contributed by atoms with van der Waals surface area (Å²) in [5, 5.41) is 14.0. The van der Waals surface area contributed by atoms with E-state index in [2.05, 4.69) is 29.1 Å². The van der Waals surface area contributed by atoms with Crippen molar-refractivity contribution in [3.63, 3.8) is 0 Å². The molecule has 0 spiro atoms. The van der Waals surface area contributed by atoms with Crippen molar-refractivity contribution < 1.29 is 32.6 Å². The van der Waals surface area contributed by atoms with Gasteiger partial charge >= 0.3 is 12.3 Å². The molecule has 0 fully saturated rings. The van der Waals surface area contributed by atoms with E-state index < -0.39 is 24.0 Å². The Morgan fingerprint density at radius 3 is 2.25 bits per heavy atom. The first-order valence-corrected chi connectivity index (χ1v) is 14.3. The normalized spacial score (nSPS) is 11.5. The lowest BCUT2D eigenvalue weighted by molar-refractivity contribution is -0.274. The summed E-state index contributed by atoms with van der Waals surface area (Å²) in [6.07, 6.45) is -1.69. The van der Waals surface area contributed by atoms with Gasteiger partial charge in [0.05, 0.1) is 11.2 Å². The topological polar surface area (TPSA) is 80.6 Å². The number of halogens is 4. The van der Waals surface area contributed by atoms with Crippen molar-refractivity contribution >= 4 is 40.1 Å². The highest BCUT2D eigenvalue weighted by molar-refractivity contribution is 6.30. The van der Waals surface area contributed by atoms with Gasteiger partial charge in [-0.25, -0.2) is 4.79 Å². The van der Waals surface area contributed by atoms with E-state index in [1.165, 1.54) is 17.7 Å². The number of carboxylic acids is 1. The summed E-state index contributed by atoms with van der Waals surface area (Å²) < 4.78 is 43.2. The number of nitrogens with zero attached hydrogens (tertiary/aromatic N) is 1. The molecule has 5 aromatic rings. The number of carboxylic acid groups (broad SMARTS) is 1. The fourth-order valence-electron chi connectivity index (χ4n) is 5.10. The Morgan fingerprint density at radius 2 is 1.61 bits per heavy atom. The van der Waals surface area contributed by atoms with Crippen molar-refractivity contribution in [2.75, 3.05) is 5.32 Å². The molecule has 6 nitrogen and oxygen atoms in total. The van der Waals surface area contributed by atoms with Gasteiger partial charge in [0.2, 0.25) is 0 Å². The fraction of sp³-hybridized carbons (Fsp3) is 0.176. The number of ether oxygens (including phenoxy) is 1. The average Bonchev–Trinajstić information content (AvgIpc) is 3.28. The molecule has 226 valence electrons. The summed E-state index contributed by atoms with van der Waals surface area (Å²) in [6.45, 7) is 2.30. The minimum absolute atomic E-state index is 0.0198. The van der Waals surface area contributed by atoms with Crippen molar-refractivity contribution in [1.29, 1.82) is 0 Å². The molecule has 0 aliphatic heterocycles. The number of rotatable bonds is 10. The molecule has 0 radical (unpaired) electrons. The summed E-state index contributed by atoms with van der Waals surface area (Å²) in [5.74, 6) is -2.45. The Labute approximate surface area is 256 Å². The molecule has 4 aromatic carbocycles. The van der Waals surface area contributed by atoms with Gasteiger partial charge in [0.25, 0.3) is 5.91 Å². The number of carbonyl (C=O) groups excluding carboxylic acids is 1. The molecule has 0 atom stereocenters. The van der Waals surface area contributed by atoms with E-state index in [4.69, 9.17) is 11.6 Å². The lowest BCUT2D eigenvalue weighted by Crippen LogP contribution is -2.18. The van der Waals surface area contributed by atoms with E-state index in [0.717, 1.165) is 48.1 Å². The molecule has 1 heterocycles. The van der Waals surface area contributed by atoms with Crippen LogP contribution in [0.25, 0.3) is 22.0 Å². The number of amides is 1. The zero-order valence-corrected chi connectivity index (χ0v) is 24.4. The van der Waals surface area contributed by atoms with Crippen LogP contribution in [0.5, 0.6) is 5.75 Å². The first-order valence-electron chi connectivity index (χ1n) is 13.9. The van der Waals surface area contributed by atoms with Crippen molar-refractivity contribution in [2.24, 2.45) is 0 Å². The van der Waals surface area contributed by atoms with Crippen LogP contribution in [0.3, 0.4) is 0 Å². The number of aryl methyl sites for hydroxylation is 1. The van der Waals surface area contributed by atoms with Crippen LogP contribution in [-0.4, -0.2) is 27.9 Å². The second-order valence-electron chi connectivity index (χ2n) is 10.3. The molecule has 5 rings (SSSR count). The molecular weight excluding hydrogens is 593 g/mol. The Kier molecular flexibility index (Phi) is 8.96. The van der Waals surface area contributed by atoms with Crippen molar-refractivity contribution in [1.82, 2.24) is 4.57 Å². The minimum atomic E-state index is -4.87. The molecule has 0 aliphatic carbocycles. The monoisotopic (exact) mass is 620 g/mol. The van der Waals surface area contributed by atoms with Crippen LogP contribution in [0.2, 0.25) is 5.02 Å². The molecule has 2 N–H and O–H groups in total. The van der Waals surface area contributed by atoms with E-state index in [9.17, 15) is 27.9 Å². The highest BCUT2D eigenvalue weighted by Gasteiger charge is 2.31. The maximum Gasteiger partial charge on any atom is 0.573 e. The Morgan fingerprint density at radius 1 is 0.909 bits per heavy atom. The molecule has 0 bridgehead atoms. The van der Waals surface area contributed by atoms with Crippen LogP contribution < -0.4 is 10.1 Å². The predicted octanol–water partition coefficient (Wildman–Crippen LogP) is 9.20. The molecule has 0 saturated heterocycles. The van der Waals surface area contributed by atoms with Gasteiger partial charge < -0.3 is 19.7 Å². The van der Waals surface area contributed by atoms with E-state index in [1.807, 2.05) is 30.3 Å². The SMILES string of the molecule is CCCCc1ccc(-c2ccc3c(NC(=O)c4ccc(OC(F)(F)F)cc4)c(C(=O)O)n(Cc4cccc(Cl)c4)c3c2)cc1. The third-order valence-electron chi connectivity index (χ3n) is 7.19. The Bertz CT molecular complexity index is 1810. The molecule has 1 amide bonds. The number of aromatic carboxylic acids is 1. The predicted molar refractivity (Wildman–Crippen MR) is 165 cm³/mol. The number of hydrogen-bond donors (Lipinski definition) is 2. The third kappa shape index (κ3) is 7.06. The summed E-state index contributed by atoms with van der Waals surface area (Å²) >= 11 is 6.22. The summed E-state index contributed by atoms with van der Waals surface area (Å²) in [6, 6.07) is 25.1. The van der Waals surface area contributed by atoms with Crippen molar-refractivity contribution in [2.45, 2.75) is 39.1 Å². The highest BCUT2D eigenvalue weighted by atomic mass is 35.5. The van der Waals surface area contributed by atoms with Crippen LogP contribution in [0.4, 0.5) is 18.9 Å². The molecule has 0 saturated carbocycles. The molecule has 10 heteroatoms. The summed E-state index contributed by atoms with van der Waals surface area (Å²) in [7, 11) is 0. The number of benzene rings is 4. The van der Waals surface area contributed by atoms with Gasteiger partial charge in [-0.1, -0.05) is 73.5 Å². The van der Waals surface area contributed by atoms with Gasteiger partial charge in [-0.05, 0) is 77.6 Å². The molecular formula is C34H28ClF3N2O4. The maximum absolute atomic E-state index is 13.2. The van der Waals surface area contributed by atoms with Gasteiger partial charge in [0, 0.05) is 22.5 Å². The van der Waals surface area contributed by atoms with Gasteiger partial charge in [-0.2, -0.15) is 0 Å². The number of fused-ring (bicyclic) bond motifs is 1. The number of carbonyl (C=O) groups is 2. The van der Waals surface area contributed by atoms with E-state index >= 15 is 0 Å². The zero-order valence-electron chi connectivity index (χ0n) is 23.6. The summed E-state index contributed by atoms with van der Waals surface area (Å²) in [5.41, 5.74) is 4.29. The minimum Gasteiger partial charge on any atom is -0.477 e. The van der Waals surface area contributed by atoms with Gasteiger partial charge in [-0.15, -0.1) is 13.2 Å². The number of anilines is 1. The summed E-state index contributed by atoms with van der Waals surface area (Å²) in [4.78, 5) is 26.0. The zero-order chi connectivity index (χ0) is 31.4.